The van der Waals surface area contributed by atoms with Crippen LogP contribution in [0.2, 0.25) is 0 Å². The van der Waals surface area contributed by atoms with Gasteiger partial charge in [0.05, 0.1) is 5.60 Å². The Kier molecular flexibility index (Phi) is 3.40. The lowest BCUT2D eigenvalue weighted by molar-refractivity contribution is -0.00468. The Labute approximate surface area is 115 Å². The lowest BCUT2D eigenvalue weighted by atomic mass is 9.92. The van der Waals surface area contributed by atoms with E-state index in [1.54, 1.807) is 0 Å². The van der Waals surface area contributed by atoms with Crippen molar-refractivity contribution in [2.24, 2.45) is 0 Å². The van der Waals surface area contributed by atoms with Crippen molar-refractivity contribution in [2.45, 2.75) is 38.2 Å². The zero-order chi connectivity index (χ0) is 13.3. The zero-order valence-electron chi connectivity index (χ0n) is 12.0. The highest BCUT2D eigenvalue weighted by atomic mass is 16.5. The van der Waals surface area contributed by atoms with E-state index in [1.165, 1.54) is 36.2 Å². The summed E-state index contributed by atoms with van der Waals surface area (Å²) in [4.78, 5) is 2.51. The van der Waals surface area contributed by atoms with Gasteiger partial charge in [0.1, 0.15) is 0 Å². The summed E-state index contributed by atoms with van der Waals surface area (Å²) in [6.07, 6.45) is 4.80. The molecule has 2 aliphatic rings. The van der Waals surface area contributed by atoms with E-state index in [4.69, 9.17) is 4.74 Å². The Bertz CT molecular complexity index is 460. The summed E-state index contributed by atoms with van der Waals surface area (Å²) in [6.45, 7) is 5.48. The molecule has 0 aliphatic carbocycles. The molecule has 1 unspecified atom stereocenters. The minimum Gasteiger partial charge on any atom is -0.385 e. The van der Waals surface area contributed by atoms with Gasteiger partial charge in [-0.05, 0) is 50.3 Å². The van der Waals surface area contributed by atoms with E-state index in [0.717, 1.165) is 26.1 Å². The monoisotopic (exact) mass is 260 g/mol. The second kappa shape index (κ2) is 5.04. The number of hydrogen-bond acceptors (Lipinski definition) is 3. The van der Waals surface area contributed by atoms with Gasteiger partial charge in [-0.15, -0.1) is 0 Å². The lowest BCUT2D eigenvalue weighted by Gasteiger charge is -2.42. The van der Waals surface area contributed by atoms with Crippen molar-refractivity contribution in [2.75, 3.05) is 37.0 Å². The summed E-state index contributed by atoms with van der Waals surface area (Å²) in [6, 6.07) is 6.65. The van der Waals surface area contributed by atoms with Crippen LogP contribution in [0.4, 0.5) is 11.4 Å². The Hall–Kier alpha value is -1.22. The number of ether oxygens (including phenoxy) is 1. The number of nitrogens with one attached hydrogen (secondary N) is 1. The van der Waals surface area contributed by atoms with E-state index in [1.807, 2.05) is 7.11 Å². The fourth-order valence-corrected chi connectivity index (χ4v) is 3.37. The number of anilines is 2. The fourth-order valence-electron chi connectivity index (χ4n) is 3.37. The predicted octanol–water partition coefficient (Wildman–Crippen LogP) is 3.05. The molecule has 1 atom stereocenters. The molecule has 3 nitrogen and oxygen atoms in total. The third-order valence-corrected chi connectivity index (χ3v) is 4.56. The molecule has 0 bridgehead atoms. The first kappa shape index (κ1) is 12.8. The minimum absolute atomic E-state index is 0.00305. The van der Waals surface area contributed by atoms with Crippen LogP contribution in [0.5, 0.6) is 0 Å². The molecule has 1 aromatic rings. The van der Waals surface area contributed by atoms with Crippen LogP contribution in [0.15, 0.2) is 18.2 Å². The molecular weight excluding hydrogens is 236 g/mol. The number of benzene rings is 1. The average Bonchev–Trinajstić information content (AvgIpc) is 2.47. The first-order valence-electron chi connectivity index (χ1n) is 7.38. The molecule has 0 saturated carbocycles. The number of methoxy groups -OCH3 is 1. The van der Waals surface area contributed by atoms with E-state index < -0.39 is 0 Å². The van der Waals surface area contributed by atoms with E-state index in [-0.39, 0.29) is 5.60 Å². The largest absolute Gasteiger partial charge is 0.385 e. The molecule has 1 saturated heterocycles. The van der Waals surface area contributed by atoms with Crippen molar-refractivity contribution < 1.29 is 4.74 Å². The van der Waals surface area contributed by atoms with Crippen molar-refractivity contribution in [1.82, 2.24) is 0 Å². The van der Waals surface area contributed by atoms with Gasteiger partial charge in [-0.3, -0.25) is 0 Å². The quantitative estimate of drug-likeness (QED) is 0.884. The Morgan fingerprint density at radius 3 is 3.05 bits per heavy atom. The molecule has 1 fully saturated rings. The first-order chi connectivity index (χ1) is 9.22. The smallest absolute Gasteiger partial charge is 0.0825 e. The standard InChI is InChI=1S/C16H24N2O/c1-16(19-2)9-5-11-18(12-16)15-8-3-7-14-13(15)6-4-10-17-14/h3,7-8,17H,4-6,9-12H2,1-2H3. The van der Waals surface area contributed by atoms with Gasteiger partial charge < -0.3 is 15.0 Å². The maximum absolute atomic E-state index is 5.72. The van der Waals surface area contributed by atoms with Crippen LogP contribution in [0.1, 0.15) is 31.7 Å². The Morgan fingerprint density at radius 1 is 1.32 bits per heavy atom. The Morgan fingerprint density at radius 2 is 2.21 bits per heavy atom. The van der Waals surface area contributed by atoms with Gasteiger partial charge in [0.2, 0.25) is 0 Å². The molecule has 2 aliphatic heterocycles. The van der Waals surface area contributed by atoms with Gasteiger partial charge in [0.25, 0.3) is 0 Å². The minimum atomic E-state index is 0.00305. The maximum atomic E-state index is 5.72. The summed E-state index contributed by atoms with van der Waals surface area (Å²) < 4.78 is 5.72. The number of fused-ring (bicyclic) bond motifs is 1. The van der Waals surface area contributed by atoms with Gasteiger partial charge >= 0.3 is 0 Å². The summed E-state index contributed by atoms with van der Waals surface area (Å²) in [5.74, 6) is 0. The average molecular weight is 260 g/mol. The topological polar surface area (TPSA) is 24.5 Å². The van der Waals surface area contributed by atoms with Crippen LogP contribution >= 0.6 is 0 Å². The van der Waals surface area contributed by atoms with E-state index >= 15 is 0 Å². The second-order valence-corrected chi connectivity index (χ2v) is 6.01. The third-order valence-electron chi connectivity index (χ3n) is 4.56. The van der Waals surface area contributed by atoms with Gasteiger partial charge in [-0.2, -0.15) is 0 Å². The molecule has 1 aromatic carbocycles. The van der Waals surface area contributed by atoms with Crippen LogP contribution < -0.4 is 10.2 Å². The number of nitrogens with zero attached hydrogens (tertiary/aromatic N) is 1. The number of rotatable bonds is 2. The second-order valence-electron chi connectivity index (χ2n) is 6.01. The molecule has 104 valence electrons. The first-order valence-corrected chi connectivity index (χ1v) is 7.38. The molecule has 0 radical (unpaired) electrons. The number of hydrogen-bond donors (Lipinski definition) is 1. The van der Waals surface area contributed by atoms with Crippen LogP contribution in [-0.2, 0) is 11.2 Å². The maximum Gasteiger partial charge on any atom is 0.0825 e. The summed E-state index contributed by atoms with van der Waals surface area (Å²) in [5.41, 5.74) is 4.23. The van der Waals surface area contributed by atoms with Crippen LogP contribution in [0, 0.1) is 0 Å². The van der Waals surface area contributed by atoms with Crippen molar-refractivity contribution in [1.29, 1.82) is 0 Å². The van der Waals surface area contributed by atoms with Gasteiger partial charge in [-0.1, -0.05) is 6.07 Å². The van der Waals surface area contributed by atoms with E-state index in [0.29, 0.717) is 0 Å². The van der Waals surface area contributed by atoms with Crippen LogP contribution in [-0.4, -0.2) is 32.3 Å². The molecular formula is C16H24N2O. The van der Waals surface area contributed by atoms with Crippen molar-refractivity contribution in [3.63, 3.8) is 0 Å². The SMILES string of the molecule is COC1(C)CCCN(c2cccc3c2CCCN3)C1. The highest BCUT2D eigenvalue weighted by Gasteiger charge is 2.32. The predicted molar refractivity (Wildman–Crippen MR) is 80.1 cm³/mol. The molecule has 2 heterocycles. The van der Waals surface area contributed by atoms with Gasteiger partial charge in [-0.25, -0.2) is 0 Å². The van der Waals surface area contributed by atoms with E-state index in [9.17, 15) is 0 Å². The lowest BCUT2D eigenvalue weighted by Crippen LogP contribution is -2.47. The number of piperidine rings is 1. The molecule has 3 heteroatoms. The fraction of sp³-hybridized carbons (Fsp3) is 0.625. The van der Waals surface area contributed by atoms with E-state index in [2.05, 4.69) is 35.3 Å². The highest BCUT2D eigenvalue weighted by Crippen LogP contribution is 2.35. The molecule has 1 N–H and O–H groups in total. The van der Waals surface area contributed by atoms with Crippen molar-refractivity contribution >= 4 is 11.4 Å². The summed E-state index contributed by atoms with van der Waals surface area (Å²) in [7, 11) is 1.84. The summed E-state index contributed by atoms with van der Waals surface area (Å²) in [5, 5.41) is 3.52. The molecule has 0 amide bonds. The Balaban J connectivity index is 1.89. The van der Waals surface area contributed by atoms with Gasteiger partial charge in [0, 0.05) is 38.1 Å². The van der Waals surface area contributed by atoms with Crippen molar-refractivity contribution in [3.05, 3.63) is 23.8 Å². The molecule has 0 spiro atoms. The van der Waals surface area contributed by atoms with Gasteiger partial charge in [0.15, 0.2) is 0 Å². The molecule has 19 heavy (non-hydrogen) atoms. The highest BCUT2D eigenvalue weighted by molar-refractivity contribution is 5.68. The normalized spacial score (nSPS) is 26.7. The van der Waals surface area contributed by atoms with Crippen LogP contribution in [0.25, 0.3) is 0 Å². The molecule has 3 rings (SSSR count). The third kappa shape index (κ3) is 2.44. The zero-order valence-corrected chi connectivity index (χ0v) is 12.0. The van der Waals surface area contributed by atoms with Crippen LogP contribution in [0.3, 0.4) is 0 Å². The molecule has 0 aromatic heterocycles. The van der Waals surface area contributed by atoms with Crippen molar-refractivity contribution in [3.8, 4) is 0 Å². The summed E-state index contributed by atoms with van der Waals surface area (Å²) >= 11 is 0.